The third kappa shape index (κ3) is 2.68. The highest BCUT2D eigenvalue weighted by atomic mass is 31.2. The number of rotatable bonds is 3. The molecule has 0 radical (unpaired) electrons. The molecule has 1 aliphatic heterocycles. The van der Waals surface area contributed by atoms with E-state index in [1.165, 1.54) is 6.66 Å². The van der Waals surface area contributed by atoms with Crippen LogP contribution in [0.15, 0.2) is 29.4 Å². The van der Waals surface area contributed by atoms with E-state index in [1.807, 2.05) is 24.3 Å². The second-order valence-corrected chi connectivity index (χ2v) is 6.44. The molecule has 2 atom stereocenters. The van der Waals surface area contributed by atoms with Gasteiger partial charge in [-0.15, -0.1) is 0 Å². The Kier molecular flexibility index (Phi) is 3.22. The molecule has 1 N–H and O–H groups in total. The molecule has 0 saturated carbocycles. The van der Waals surface area contributed by atoms with E-state index < -0.39 is 13.2 Å². The van der Waals surface area contributed by atoms with Crippen LogP contribution in [0.4, 0.5) is 0 Å². The monoisotopic (exact) mass is 255 g/mol. The van der Waals surface area contributed by atoms with Crippen LogP contribution in [0.1, 0.15) is 12.0 Å². The summed E-state index contributed by atoms with van der Waals surface area (Å²) in [7, 11) is -1.65. The summed E-state index contributed by atoms with van der Waals surface area (Å²) < 4.78 is 16.5. The third-order valence-corrected chi connectivity index (χ3v) is 3.96. The molecule has 0 fully saturated rings. The number of hydrogen-bond donors (Lipinski definition) is 1. The first-order chi connectivity index (χ1) is 8.00. The Morgan fingerprint density at radius 3 is 2.59 bits per heavy atom. The number of oxime groups is 1. The number of hydrogen-bond acceptors (Lipinski definition) is 4. The molecule has 6 heteroatoms. The Labute approximate surface area is 99.5 Å². The van der Waals surface area contributed by atoms with Gasteiger partial charge >= 0.3 is 0 Å². The normalized spacial score (nSPS) is 22.5. The SMILES string of the molecule is COc1ccc(C2=NOC(P(C)(=O)O)C2)cc1. The number of nitrogens with zero attached hydrogens (tertiary/aromatic N) is 1. The molecule has 0 spiro atoms. The van der Waals surface area contributed by atoms with Crippen molar-refractivity contribution >= 4 is 13.1 Å². The predicted octanol–water partition coefficient (Wildman–Crippen LogP) is 2.05. The second kappa shape index (κ2) is 4.51. The largest absolute Gasteiger partial charge is 0.497 e. The minimum atomic E-state index is -3.25. The van der Waals surface area contributed by atoms with Gasteiger partial charge in [-0.1, -0.05) is 5.16 Å². The lowest BCUT2D eigenvalue weighted by Gasteiger charge is -2.10. The number of ether oxygens (including phenoxy) is 1. The van der Waals surface area contributed by atoms with E-state index in [-0.39, 0.29) is 0 Å². The lowest BCUT2D eigenvalue weighted by atomic mass is 10.1. The van der Waals surface area contributed by atoms with E-state index >= 15 is 0 Å². The third-order valence-electron chi connectivity index (χ3n) is 2.61. The predicted molar refractivity (Wildman–Crippen MR) is 64.8 cm³/mol. The van der Waals surface area contributed by atoms with Crippen molar-refractivity contribution in [3.05, 3.63) is 29.8 Å². The van der Waals surface area contributed by atoms with Crippen molar-refractivity contribution in [2.75, 3.05) is 13.8 Å². The maximum absolute atomic E-state index is 11.4. The van der Waals surface area contributed by atoms with Crippen molar-refractivity contribution in [1.82, 2.24) is 0 Å². The summed E-state index contributed by atoms with van der Waals surface area (Å²) in [6.07, 6.45) is 0.358. The van der Waals surface area contributed by atoms with Crippen molar-refractivity contribution in [3.63, 3.8) is 0 Å². The van der Waals surface area contributed by atoms with Crippen LogP contribution in [-0.2, 0) is 9.40 Å². The van der Waals surface area contributed by atoms with Gasteiger partial charge in [0.1, 0.15) is 5.75 Å². The van der Waals surface area contributed by atoms with Crippen molar-refractivity contribution < 1.29 is 19.0 Å². The van der Waals surface area contributed by atoms with Gasteiger partial charge in [0, 0.05) is 13.1 Å². The summed E-state index contributed by atoms with van der Waals surface area (Å²) in [4.78, 5) is 14.4. The first kappa shape index (κ1) is 12.1. The van der Waals surface area contributed by atoms with Crippen molar-refractivity contribution in [2.24, 2.45) is 5.16 Å². The van der Waals surface area contributed by atoms with Crippen LogP contribution in [0.3, 0.4) is 0 Å². The molecular formula is C11H14NO4P. The number of benzene rings is 1. The van der Waals surface area contributed by atoms with Crippen LogP contribution in [0.25, 0.3) is 0 Å². The van der Waals surface area contributed by atoms with E-state index in [9.17, 15) is 9.46 Å². The Hall–Kier alpha value is -1.32. The van der Waals surface area contributed by atoms with Crippen molar-refractivity contribution in [1.29, 1.82) is 0 Å². The van der Waals surface area contributed by atoms with Crippen LogP contribution >= 0.6 is 7.37 Å². The van der Waals surface area contributed by atoms with E-state index in [1.54, 1.807) is 7.11 Å². The molecule has 1 heterocycles. The van der Waals surface area contributed by atoms with Crippen molar-refractivity contribution in [3.8, 4) is 5.75 Å². The fourth-order valence-corrected chi connectivity index (χ4v) is 2.31. The standard InChI is InChI=1S/C11H14NO4P/c1-15-9-5-3-8(4-6-9)10-7-11(16-12-10)17(2,13)14/h3-6,11H,7H2,1-2H3,(H,13,14). The summed E-state index contributed by atoms with van der Waals surface area (Å²) in [5.74, 6) is 0.0349. The average Bonchev–Trinajstić information content (AvgIpc) is 2.78. The number of methoxy groups -OCH3 is 1. The maximum atomic E-state index is 11.4. The minimum Gasteiger partial charge on any atom is -0.497 e. The Morgan fingerprint density at radius 1 is 1.47 bits per heavy atom. The molecule has 0 amide bonds. The Bertz CT molecular complexity index is 477. The van der Waals surface area contributed by atoms with E-state index in [0.29, 0.717) is 12.1 Å². The van der Waals surface area contributed by atoms with E-state index in [0.717, 1.165) is 11.3 Å². The van der Waals surface area contributed by atoms with Gasteiger partial charge in [-0.2, -0.15) is 0 Å². The first-order valence-electron chi connectivity index (χ1n) is 5.18. The summed E-state index contributed by atoms with van der Waals surface area (Å²) in [6.45, 7) is 1.28. The Balaban J connectivity index is 2.12. The zero-order chi connectivity index (χ0) is 12.5. The zero-order valence-corrected chi connectivity index (χ0v) is 10.6. The maximum Gasteiger partial charge on any atom is 0.240 e. The fraction of sp³-hybridized carbons (Fsp3) is 0.364. The molecule has 5 nitrogen and oxygen atoms in total. The molecule has 0 saturated heterocycles. The molecule has 0 aromatic heterocycles. The summed E-state index contributed by atoms with van der Waals surface area (Å²) >= 11 is 0. The van der Waals surface area contributed by atoms with Crippen LogP contribution in [0, 0.1) is 0 Å². The molecule has 2 rings (SSSR count). The molecule has 0 bridgehead atoms. The highest BCUT2D eigenvalue weighted by Crippen LogP contribution is 2.46. The summed E-state index contributed by atoms with van der Waals surface area (Å²) in [6, 6.07) is 7.33. The molecule has 17 heavy (non-hydrogen) atoms. The van der Waals surface area contributed by atoms with Gasteiger partial charge in [-0.3, -0.25) is 4.57 Å². The molecular weight excluding hydrogens is 241 g/mol. The van der Waals surface area contributed by atoms with Crippen LogP contribution in [-0.4, -0.2) is 30.2 Å². The lowest BCUT2D eigenvalue weighted by molar-refractivity contribution is 0.131. The highest BCUT2D eigenvalue weighted by molar-refractivity contribution is 7.57. The molecule has 2 unspecified atom stereocenters. The zero-order valence-electron chi connectivity index (χ0n) is 9.66. The van der Waals surface area contributed by atoms with Crippen LogP contribution < -0.4 is 4.74 Å². The van der Waals surface area contributed by atoms with Crippen molar-refractivity contribution in [2.45, 2.75) is 12.3 Å². The van der Waals surface area contributed by atoms with Gasteiger partial charge in [-0.05, 0) is 29.8 Å². The average molecular weight is 255 g/mol. The van der Waals surface area contributed by atoms with Gasteiger partial charge in [0.2, 0.25) is 13.2 Å². The quantitative estimate of drug-likeness (QED) is 0.839. The van der Waals surface area contributed by atoms with Crippen LogP contribution in [0.2, 0.25) is 0 Å². The topological polar surface area (TPSA) is 68.1 Å². The van der Waals surface area contributed by atoms with Gasteiger partial charge in [-0.25, -0.2) is 0 Å². The summed E-state index contributed by atoms with van der Waals surface area (Å²) in [5.41, 5.74) is 1.57. The Morgan fingerprint density at radius 2 is 2.12 bits per heavy atom. The first-order valence-corrected chi connectivity index (χ1v) is 7.35. The fourth-order valence-electron chi connectivity index (χ4n) is 1.58. The lowest BCUT2D eigenvalue weighted by Crippen LogP contribution is -2.08. The van der Waals surface area contributed by atoms with Gasteiger partial charge in [0.15, 0.2) is 0 Å². The molecule has 1 aromatic rings. The molecule has 0 aliphatic carbocycles. The smallest absolute Gasteiger partial charge is 0.240 e. The van der Waals surface area contributed by atoms with Gasteiger partial charge in [0.05, 0.1) is 12.8 Å². The molecule has 1 aliphatic rings. The highest BCUT2D eigenvalue weighted by Gasteiger charge is 2.34. The molecule has 92 valence electrons. The van der Waals surface area contributed by atoms with E-state index in [4.69, 9.17) is 9.57 Å². The molecule has 1 aromatic carbocycles. The van der Waals surface area contributed by atoms with Gasteiger partial charge < -0.3 is 14.5 Å². The van der Waals surface area contributed by atoms with Gasteiger partial charge in [0.25, 0.3) is 0 Å². The minimum absolute atomic E-state index is 0.358. The van der Waals surface area contributed by atoms with E-state index in [2.05, 4.69) is 5.16 Å². The second-order valence-electron chi connectivity index (χ2n) is 3.97. The summed E-state index contributed by atoms with van der Waals surface area (Å²) in [5, 5.41) is 3.85. The van der Waals surface area contributed by atoms with Crippen LogP contribution in [0.5, 0.6) is 5.75 Å².